The highest BCUT2D eigenvalue weighted by Gasteiger charge is 2.31. The fourth-order valence-corrected chi connectivity index (χ4v) is 3.35. The molecule has 0 spiro atoms. The van der Waals surface area contributed by atoms with Crippen LogP contribution in [0, 0.1) is 0 Å². The summed E-state index contributed by atoms with van der Waals surface area (Å²) in [6.45, 7) is 0. The molecule has 0 radical (unpaired) electrons. The van der Waals surface area contributed by atoms with Crippen molar-refractivity contribution in [2.45, 2.75) is 44.2 Å². The van der Waals surface area contributed by atoms with Crippen LogP contribution in [0.15, 0.2) is 42.6 Å². The molecule has 1 aromatic carbocycles. The Kier molecular flexibility index (Phi) is 4.84. The summed E-state index contributed by atoms with van der Waals surface area (Å²) in [6, 6.07) is 9.43. The molecule has 4 rings (SSSR count). The first-order chi connectivity index (χ1) is 13.4. The van der Waals surface area contributed by atoms with Crippen LogP contribution in [-0.4, -0.2) is 33.1 Å². The van der Waals surface area contributed by atoms with Gasteiger partial charge in [0.2, 0.25) is 5.88 Å². The molecule has 148 valence electrons. The second-order valence-corrected chi connectivity index (χ2v) is 6.82. The Morgan fingerprint density at radius 2 is 1.86 bits per heavy atom. The Morgan fingerprint density at radius 3 is 2.61 bits per heavy atom. The van der Waals surface area contributed by atoms with E-state index in [1.54, 1.807) is 28.9 Å². The third-order valence-corrected chi connectivity index (χ3v) is 4.71. The maximum atomic E-state index is 12.5. The van der Waals surface area contributed by atoms with Crippen molar-refractivity contribution >= 4 is 5.65 Å². The summed E-state index contributed by atoms with van der Waals surface area (Å²) in [5.74, 6) is 0.140. The summed E-state index contributed by atoms with van der Waals surface area (Å²) >= 11 is 0. The van der Waals surface area contributed by atoms with Gasteiger partial charge in [-0.25, -0.2) is 9.50 Å². The predicted molar refractivity (Wildman–Crippen MR) is 96.0 cm³/mol. The van der Waals surface area contributed by atoms with Crippen molar-refractivity contribution in [1.29, 1.82) is 0 Å². The average Bonchev–Trinajstić information content (AvgIpc) is 3.06. The molecule has 1 aliphatic rings. The minimum absolute atomic E-state index is 0.0558. The molecule has 9 heteroatoms. The lowest BCUT2D eigenvalue weighted by Gasteiger charge is -2.26. The molecule has 0 saturated heterocycles. The number of ether oxygens (including phenoxy) is 2. The van der Waals surface area contributed by atoms with Gasteiger partial charge in [-0.1, -0.05) is 12.1 Å². The first-order valence-electron chi connectivity index (χ1n) is 9.00. The molecule has 1 fully saturated rings. The van der Waals surface area contributed by atoms with Crippen LogP contribution in [0.4, 0.5) is 13.2 Å². The van der Waals surface area contributed by atoms with Crippen LogP contribution >= 0.6 is 0 Å². The van der Waals surface area contributed by atoms with Crippen LogP contribution in [0.1, 0.15) is 25.7 Å². The number of fused-ring (bicyclic) bond motifs is 1. The summed E-state index contributed by atoms with van der Waals surface area (Å²) in [5.41, 5.74) is 7.53. The van der Waals surface area contributed by atoms with Crippen molar-refractivity contribution in [2.75, 3.05) is 0 Å². The van der Waals surface area contributed by atoms with E-state index >= 15 is 0 Å². The zero-order valence-corrected chi connectivity index (χ0v) is 14.9. The van der Waals surface area contributed by atoms with Gasteiger partial charge >= 0.3 is 6.36 Å². The fraction of sp³-hybridized carbons (Fsp3) is 0.368. The summed E-state index contributed by atoms with van der Waals surface area (Å²) < 4.78 is 49.0. The van der Waals surface area contributed by atoms with Gasteiger partial charge in [-0.3, -0.25) is 0 Å². The van der Waals surface area contributed by atoms with E-state index in [0.717, 1.165) is 25.7 Å². The molecule has 3 aromatic rings. The van der Waals surface area contributed by atoms with E-state index in [-0.39, 0.29) is 17.9 Å². The van der Waals surface area contributed by atoms with Gasteiger partial charge < -0.3 is 15.2 Å². The van der Waals surface area contributed by atoms with Crippen molar-refractivity contribution in [1.82, 2.24) is 14.6 Å². The number of hydrogen-bond acceptors (Lipinski definition) is 5. The lowest BCUT2D eigenvalue weighted by molar-refractivity contribution is -0.274. The minimum Gasteiger partial charge on any atom is -0.473 e. The Morgan fingerprint density at radius 1 is 1.07 bits per heavy atom. The molecule has 1 aliphatic carbocycles. The number of halogens is 3. The maximum absolute atomic E-state index is 12.5. The van der Waals surface area contributed by atoms with E-state index in [9.17, 15) is 13.2 Å². The van der Waals surface area contributed by atoms with E-state index in [4.69, 9.17) is 10.5 Å². The highest BCUT2D eigenvalue weighted by Crippen LogP contribution is 2.29. The molecule has 2 heterocycles. The SMILES string of the molecule is NC1CCC(Oc2ccc3ncc(-c4cccc(OC(F)(F)F)c4)n3n2)CC1. The molecule has 0 amide bonds. The predicted octanol–water partition coefficient (Wildman–Crippen LogP) is 3.94. The Balaban J connectivity index is 1.61. The van der Waals surface area contributed by atoms with Gasteiger partial charge in [-0.2, -0.15) is 0 Å². The number of hydrogen-bond donors (Lipinski definition) is 1. The van der Waals surface area contributed by atoms with E-state index in [1.165, 1.54) is 18.2 Å². The highest BCUT2D eigenvalue weighted by molar-refractivity contribution is 5.64. The van der Waals surface area contributed by atoms with Gasteiger partial charge in [-0.05, 0) is 43.9 Å². The second kappa shape index (κ2) is 7.31. The van der Waals surface area contributed by atoms with E-state index in [2.05, 4.69) is 14.8 Å². The quantitative estimate of drug-likeness (QED) is 0.728. The second-order valence-electron chi connectivity index (χ2n) is 6.82. The smallest absolute Gasteiger partial charge is 0.473 e. The summed E-state index contributed by atoms with van der Waals surface area (Å²) in [5, 5.41) is 4.47. The van der Waals surface area contributed by atoms with Gasteiger partial charge in [-0.15, -0.1) is 18.3 Å². The van der Waals surface area contributed by atoms with Gasteiger partial charge in [0.15, 0.2) is 5.65 Å². The van der Waals surface area contributed by atoms with Gasteiger partial charge in [0, 0.05) is 17.7 Å². The largest absolute Gasteiger partial charge is 0.573 e. The van der Waals surface area contributed by atoms with E-state index < -0.39 is 6.36 Å². The molecular weight excluding hydrogens is 373 g/mol. The number of benzene rings is 1. The molecule has 28 heavy (non-hydrogen) atoms. The van der Waals surface area contributed by atoms with Crippen molar-refractivity contribution in [3.63, 3.8) is 0 Å². The van der Waals surface area contributed by atoms with Crippen LogP contribution in [0.25, 0.3) is 16.9 Å². The van der Waals surface area contributed by atoms with E-state index in [1.807, 2.05) is 0 Å². The van der Waals surface area contributed by atoms with Crippen molar-refractivity contribution in [3.8, 4) is 22.9 Å². The average molecular weight is 392 g/mol. The molecule has 1 saturated carbocycles. The highest BCUT2D eigenvalue weighted by atomic mass is 19.4. The molecule has 6 nitrogen and oxygen atoms in total. The molecular formula is C19H19F3N4O2. The van der Waals surface area contributed by atoms with Crippen LogP contribution in [0.2, 0.25) is 0 Å². The Hall–Kier alpha value is -2.81. The van der Waals surface area contributed by atoms with E-state index in [0.29, 0.717) is 22.8 Å². The van der Waals surface area contributed by atoms with Crippen LogP contribution < -0.4 is 15.2 Å². The van der Waals surface area contributed by atoms with Crippen molar-refractivity contribution < 1.29 is 22.6 Å². The summed E-state index contributed by atoms with van der Waals surface area (Å²) in [7, 11) is 0. The number of nitrogens with zero attached hydrogens (tertiary/aromatic N) is 3. The molecule has 0 aliphatic heterocycles. The van der Waals surface area contributed by atoms with Crippen molar-refractivity contribution in [2.24, 2.45) is 5.73 Å². The standard InChI is InChI=1S/C19H19F3N4O2/c20-19(21,22)28-15-3-1-2-12(10-15)16-11-24-17-8-9-18(25-26(16)17)27-14-6-4-13(23)5-7-14/h1-3,8-11,13-14H,4-7,23H2. The fourth-order valence-electron chi connectivity index (χ4n) is 3.35. The van der Waals surface area contributed by atoms with Gasteiger partial charge in [0.25, 0.3) is 0 Å². The molecule has 0 atom stereocenters. The topological polar surface area (TPSA) is 74.7 Å². The van der Waals surface area contributed by atoms with Gasteiger partial charge in [0.05, 0.1) is 11.9 Å². The lowest BCUT2D eigenvalue weighted by atomic mass is 9.94. The number of imidazole rings is 1. The maximum Gasteiger partial charge on any atom is 0.573 e. The summed E-state index contributed by atoms with van der Waals surface area (Å²) in [6.07, 6.45) is 0.423. The third kappa shape index (κ3) is 4.19. The number of rotatable bonds is 4. The van der Waals surface area contributed by atoms with Crippen LogP contribution in [0.3, 0.4) is 0 Å². The first-order valence-corrected chi connectivity index (χ1v) is 9.00. The number of alkyl halides is 3. The zero-order chi connectivity index (χ0) is 19.7. The van der Waals surface area contributed by atoms with Crippen molar-refractivity contribution in [3.05, 3.63) is 42.6 Å². The molecule has 2 N–H and O–H groups in total. The van der Waals surface area contributed by atoms with Crippen LogP contribution in [-0.2, 0) is 0 Å². The summed E-state index contributed by atoms with van der Waals surface area (Å²) in [4.78, 5) is 4.26. The lowest BCUT2D eigenvalue weighted by Crippen LogP contribution is -2.31. The first kappa shape index (κ1) is 18.5. The number of nitrogens with two attached hydrogens (primary N) is 1. The van der Waals surface area contributed by atoms with Crippen LogP contribution in [0.5, 0.6) is 11.6 Å². The molecule has 2 aromatic heterocycles. The minimum atomic E-state index is -4.75. The Bertz CT molecular complexity index is 965. The third-order valence-electron chi connectivity index (χ3n) is 4.71. The molecule has 0 unspecified atom stereocenters. The monoisotopic (exact) mass is 392 g/mol. The zero-order valence-electron chi connectivity index (χ0n) is 14.9. The van der Waals surface area contributed by atoms with Gasteiger partial charge in [0.1, 0.15) is 11.9 Å². The number of aromatic nitrogens is 3. The normalized spacial score (nSPS) is 20.3. The Labute approximate surface area is 159 Å². The molecule has 0 bridgehead atoms.